The third kappa shape index (κ3) is 3.41. The van der Waals surface area contributed by atoms with Gasteiger partial charge in [0.1, 0.15) is 5.76 Å². The number of non-ortho nitro benzene ring substituents is 1. The Morgan fingerprint density at radius 1 is 1.47 bits per heavy atom. The molecule has 19 heavy (non-hydrogen) atoms. The first-order valence-corrected chi connectivity index (χ1v) is 7.08. The van der Waals surface area contributed by atoms with Crippen molar-refractivity contribution in [2.45, 2.75) is 6.92 Å². The van der Waals surface area contributed by atoms with Crippen LogP contribution in [0.5, 0.6) is 0 Å². The van der Waals surface area contributed by atoms with Gasteiger partial charge < -0.3 is 4.42 Å². The molecule has 0 aliphatic carbocycles. The van der Waals surface area contributed by atoms with Crippen molar-refractivity contribution < 1.29 is 9.34 Å². The zero-order valence-electron chi connectivity index (χ0n) is 9.76. The zero-order valence-corrected chi connectivity index (χ0v) is 13.5. The number of nitrogens with zero attached hydrogens (tertiary/aromatic N) is 2. The molecule has 1 heterocycles. The van der Waals surface area contributed by atoms with E-state index in [-0.39, 0.29) is 5.69 Å². The van der Waals surface area contributed by atoms with Gasteiger partial charge in [-0.25, -0.2) is 0 Å². The van der Waals surface area contributed by atoms with Crippen LogP contribution in [-0.2, 0) is 0 Å². The Labute approximate surface area is 131 Å². The van der Waals surface area contributed by atoms with Gasteiger partial charge in [-0.2, -0.15) is 0 Å². The van der Waals surface area contributed by atoms with Crippen LogP contribution in [0.2, 0.25) is 0 Å². The van der Waals surface area contributed by atoms with E-state index >= 15 is 0 Å². The smallest absolute Gasteiger partial charge is 0.269 e. The number of benzene rings is 1. The van der Waals surface area contributed by atoms with Gasteiger partial charge in [0.2, 0.25) is 0 Å². The largest absolute Gasteiger partial charge is 0.448 e. The fourth-order valence-electron chi connectivity index (χ4n) is 1.46. The number of nitro groups is 1. The first-order valence-electron chi connectivity index (χ1n) is 5.21. The van der Waals surface area contributed by atoms with E-state index < -0.39 is 4.92 Å². The van der Waals surface area contributed by atoms with Gasteiger partial charge in [-0.05, 0) is 34.5 Å². The van der Waals surface area contributed by atoms with Crippen molar-refractivity contribution in [1.82, 2.24) is 0 Å². The van der Waals surface area contributed by atoms with E-state index in [1.807, 2.05) is 6.07 Å². The topological polar surface area (TPSA) is 68.6 Å². The van der Waals surface area contributed by atoms with Gasteiger partial charge in [-0.1, -0.05) is 0 Å². The summed E-state index contributed by atoms with van der Waals surface area (Å²) in [5.41, 5.74) is 1.48. The maximum Gasteiger partial charge on any atom is 0.269 e. The predicted molar refractivity (Wildman–Crippen MR) is 84.2 cm³/mol. The van der Waals surface area contributed by atoms with Crippen LogP contribution < -0.4 is 0 Å². The number of halogens is 2. The molecule has 0 atom stereocenters. The highest BCUT2D eigenvalue weighted by atomic mass is 127. The molecule has 5 nitrogen and oxygen atoms in total. The second kappa shape index (κ2) is 5.83. The molecule has 2 aromatic rings. The molecule has 98 valence electrons. The zero-order chi connectivity index (χ0) is 14.0. The Morgan fingerprint density at radius 2 is 2.21 bits per heavy atom. The Balaban J connectivity index is 2.26. The van der Waals surface area contributed by atoms with E-state index in [9.17, 15) is 10.1 Å². The number of furan rings is 1. The lowest BCUT2D eigenvalue weighted by Gasteiger charge is -1.98. The van der Waals surface area contributed by atoms with Gasteiger partial charge in [-0.15, -0.1) is 0 Å². The molecule has 0 unspecified atom stereocenters. The average Bonchev–Trinajstić information content (AvgIpc) is 2.67. The minimum Gasteiger partial charge on any atom is -0.448 e. The summed E-state index contributed by atoms with van der Waals surface area (Å²) in [6, 6.07) is 6.36. The maximum atomic E-state index is 10.6. The molecule has 0 spiro atoms. The fourth-order valence-corrected chi connectivity index (χ4v) is 2.17. The Bertz CT molecular complexity index is 647. The molecule has 0 saturated heterocycles. The third-order valence-electron chi connectivity index (χ3n) is 2.39. The summed E-state index contributed by atoms with van der Waals surface area (Å²) in [4.78, 5) is 14.5. The SMILES string of the molecule is Cc1cc([N+](=O)[O-])ccc1N=Cc1cc(Br)c(I)o1. The normalized spacial score (nSPS) is 11.1. The second-order valence-electron chi connectivity index (χ2n) is 3.76. The minimum atomic E-state index is -0.424. The molecular weight excluding hydrogens is 427 g/mol. The van der Waals surface area contributed by atoms with E-state index in [1.54, 1.807) is 19.2 Å². The molecular formula is C12H8BrIN2O3. The van der Waals surface area contributed by atoms with Gasteiger partial charge in [0.25, 0.3) is 5.69 Å². The van der Waals surface area contributed by atoms with Gasteiger partial charge in [-0.3, -0.25) is 15.1 Å². The monoisotopic (exact) mass is 434 g/mol. The van der Waals surface area contributed by atoms with Crippen LogP contribution in [-0.4, -0.2) is 11.1 Å². The summed E-state index contributed by atoms with van der Waals surface area (Å²) in [7, 11) is 0. The molecule has 0 N–H and O–H groups in total. The van der Waals surface area contributed by atoms with Crippen LogP contribution >= 0.6 is 38.5 Å². The summed E-state index contributed by atoms with van der Waals surface area (Å²) in [5, 5.41) is 10.6. The molecule has 0 aliphatic rings. The molecule has 2 rings (SSSR count). The van der Waals surface area contributed by atoms with E-state index in [0.29, 0.717) is 11.4 Å². The second-order valence-corrected chi connectivity index (χ2v) is 5.59. The lowest BCUT2D eigenvalue weighted by atomic mass is 10.2. The summed E-state index contributed by atoms with van der Waals surface area (Å²) in [6.45, 7) is 1.78. The van der Waals surface area contributed by atoms with Gasteiger partial charge in [0.15, 0.2) is 3.77 Å². The van der Waals surface area contributed by atoms with E-state index in [2.05, 4.69) is 43.5 Å². The Hall–Kier alpha value is -1.22. The molecule has 0 bridgehead atoms. The first kappa shape index (κ1) is 14.2. The number of rotatable bonds is 3. The molecule has 7 heteroatoms. The molecule has 0 amide bonds. The lowest BCUT2D eigenvalue weighted by molar-refractivity contribution is -0.384. The van der Waals surface area contributed by atoms with Crippen molar-refractivity contribution in [3.8, 4) is 0 Å². The van der Waals surface area contributed by atoms with Crippen LogP contribution in [0, 0.1) is 20.8 Å². The van der Waals surface area contributed by atoms with Gasteiger partial charge in [0, 0.05) is 40.8 Å². The Kier molecular flexibility index (Phi) is 4.35. The summed E-state index contributed by atoms with van der Waals surface area (Å²) in [6.07, 6.45) is 1.58. The maximum absolute atomic E-state index is 10.6. The van der Waals surface area contributed by atoms with Crippen molar-refractivity contribution in [3.63, 3.8) is 0 Å². The number of aryl methyl sites for hydroxylation is 1. The van der Waals surface area contributed by atoms with Crippen molar-refractivity contribution in [3.05, 3.63) is 53.9 Å². The standard InChI is InChI=1S/C12H8BrIN2O3/c1-7-4-8(16(17)18)2-3-11(7)15-6-9-5-10(13)12(14)19-9/h2-6H,1H3. The van der Waals surface area contributed by atoms with Crippen molar-refractivity contribution in [2.24, 2.45) is 4.99 Å². The molecule has 0 fully saturated rings. The van der Waals surface area contributed by atoms with Crippen LogP contribution in [0.15, 0.2) is 38.1 Å². The predicted octanol–water partition coefficient (Wildman–Crippen LogP) is 4.61. The quantitative estimate of drug-likeness (QED) is 0.306. The summed E-state index contributed by atoms with van der Waals surface area (Å²) < 4.78 is 7.04. The lowest BCUT2D eigenvalue weighted by Crippen LogP contribution is -1.88. The van der Waals surface area contributed by atoms with Gasteiger partial charge >= 0.3 is 0 Å². The Morgan fingerprint density at radius 3 is 2.74 bits per heavy atom. The van der Waals surface area contributed by atoms with E-state index in [1.165, 1.54) is 12.1 Å². The molecule has 0 saturated carbocycles. The summed E-state index contributed by atoms with van der Waals surface area (Å²) >= 11 is 5.41. The van der Waals surface area contributed by atoms with E-state index in [0.717, 1.165) is 13.8 Å². The number of nitro benzene ring substituents is 1. The van der Waals surface area contributed by atoms with Crippen molar-refractivity contribution in [2.75, 3.05) is 0 Å². The van der Waals surface area contributed by atoms with Crippen LogP contribution in [0.25, 0.3) is 0 Å². The van der Waals surface area contributed by atoms with Crippen LogP contribution in [0.3, 0.4) is 0 Å². The first-order chi connectivity index (χ1) is 8.97. The van der Waals surface area contributed by atoms with Crippen molar-refractivity contribution >= 4 is 56.1 Å². The fraction of sp³-hybridized carbons (Fsp3) is 0.0833. The number of hydrogen-bond acceptors (Lipinski definition) is 4. The third-order valence-corrected chi connectivity index (χ3v) is 4.52. The number of aliphatic imine (C=N–C) groups is 1. The molecule has 1 aromatic carbocycles. The highest BCUT2D eigenvalue weighted by Gasteiger charge is 2.08. The highest BCUT2D eigenvalue weighted by molar-refractivity contribution is 14.1. The highest BCUT2D eigenvalue weighted by Crippen LogP contribution is 2.25. The van der Waals surface area contributed by atoms with Crippen LogP contribution in [0.1, 0.15) is 11.3 Å². The number of hydrogen-bond donors (Lipinski definition) is 0. The minimum absolute atomic E-state index is 0.0618. The van der Waals surface area contributed by atoms with Gasteiger partial charge in [0.05, 0.1) is 21.3 Å². The molecule has 1 aromatic heterocycles. The molecule has 0 aliphatic heterocycles. The van der Waals surface area contributed by atoms with Crippen molar-refractivity contribution in [1.29, 1.82) is 0 Å². The van der Waals surface area contributed by atoms with Crippen LogP contribution in [0.4, 0.5) is 11.4 Å². The summed E-state index contributed by atoms with van der Waals surface area (Å²) in [5.74, 6) is 0.619. The average molecular weight is 435 g/mol. The molecule has 0 radical (unpaired) electrons. The van der Waals surface area contributed by atoms with E-state index in [4.69, 9.17) is 4.42 Å².